The smallest absolute Gasteiger partial charge is 0.271 e. The van der Waals surface area contributed by atoms with Gasteiger partial charge in [-0.05, 0) is 46.6 Å². The van der Waals surface area contributed by atoms with Gasteiger partial charge in [0.05, 0.1) is 9.47 Å². The molecule has 0 aliphatic rings. The maximum atomic E-state index is 12.3. The first-order chi connectivity index (χ1) is 10.4. The summed E-state index contributed by atoms with van der Waals surface area (Å²) >= 11 is 5.98. The zero-order chi connectivity index (χ0) is 15.7. The fourth-order valence-electron chi connectivity index (χ4n) is 1.91. The van der Waals surface area contributed by atoms with E-state index in [9.17, 15) is 8.42 Å². The van der Waals surface area contributed by atoms with Gasteiger partial charge in [-0.25, -0.2) is 8.42 Å². The summed E-state index contributed by atoms with van der Waals surface area (Å²) in [4.78, 5) is 1.03. The van der Waals surface area contributed by atoms with Gasteiger partial charge in [0.25, 0.3) is 10.0 Å². The average Bonchev–Trinajstić information content (AvgIpc) is 3.09. The van der Waals surface area contributed by atoms with E-state index in [2.05, 4.69) is 20.7 Å². The van der Waals surface area contributed by atoms with Crippen LogP contribution in [0.25, 0.3) is 10.4 Å². The maximum absolute atomic E-state index is 12.3. The Morgan fingerprint density at radius 1 is 1.09 bits per heavy atom. The Morgan fingerprint density at radius 3 is 2.45 bits per heavy atom. The van der Waals surface area contributed by atoms with Crippen molar-refractivity contribution < 1.29 is 8.42 Å². The van der Waals surface area contributed by atoms with E-state index in [0.29, 0.717) is 9.90 Å². The van der Waals surface area contributed by atoms with Crippen LogP contribution in [0.5, 0.6) is 0 Å². The van der Waals surface area contributed by atoms with Crippen LogP contribution in [0.15, 0.2) is 55.8 Å². The van der Waals surface area contributed by atoms with Crippen molar-refractivity contribution in [1.82, 2.24) is 0 Å². The molecule has 3 nitrogen and oxygen atoms in total. The second-order valence-corrected chi connectivity index (χ2v) is 10.0. The highest BCUT2D eigenvalue weighted by molar-refractivity contribution is 9.11. The fraction of sp³-hybridized carbons (Fsp3) is 0.0667. The number of halogens is 1. The van der Waals surface area contributed by atoms with E-state index < -0.39 is 10.0 Å². The molecule has 7 heteroatoms. The molecule has 22 heavy (non-hydrogen) atoms. The summed E-state index contributed by atoms with van der Waals surface area (Å²) in [7, 11) is -3.52. The number of hydrogen-bond acceptors (Lipinski definition) is 4. The molecule has 0 spiro atoms. The minimum atomic E-state index is -3.52. The fourth-order valence-corrected chi connectivity index (χ4v) is 5.88. The molecule has 2 heterocycles. The standard InChI is InChI=1S/C15H12BrNO2S3/c1-10-2-4-11(5-3-10)13-8-12(9-20-13)17-22(18,19)15-7-6-14(16)21-15/h2-9,17H,1H3. The highest BCUT2D eigenvalue weighted by Gasteiger charge is 2.17. The molecular weight excluding hydrogens is 402 g/mol. The largest absolute Gasteiger partial charge is 0.278 e. The third-order valence-electron chi connectivity index (χ3n) is 3.00. The minimum absolute atomic E-state index is 0.294. The minimum Gasteiger partial charge on any atom is -0.278 e. The molecule has 3 rings (SSSR count). The van der Waals surface area contributed by atoms with E-state index in [4.69, 9.17) is 0 Å². The summed E-state index contributed by atoms with van der Waals surface area (Å²) in [6, 6.07) is 13.3. The number of hydrogen-bond donors (Lipinski definition) is 1. The molecule has 0 saturated carbocycles. The first-order valence-electron chi connectivity index (χ1n) is 6.38. The van der Waals surface area contributed by atoms with Gasteiger partial charge >= 0.3 is 0 Å². The van der Waals surface area contributed by atoms with Gasteiger partial charge in [0.1, 0.15) is 4.21 Å². The summed E-state index contributed by atoms with van der Waals surface area (Å²) in [6.45, 7) is 2.04. The van der Waals surface area contributed by atoms with Gasteiger partial charge in [-0.15, -0.1) is 22.7 Å². The molecule has 0 unspecified atom stereocenters. The Morgan fingerprint density at radius 2 is 1.82 bits per heavy atom. The van der Waals surface area contributed by atoms with Crippen molar-refractivity contribution in [2.24, 2.45) is 0 Å². The number of anilines is 1. The molecule has 0 amide bonds. The molecule has 0 atom stereocenters. The quantitative estimate of drug-likeness (QED) is 0.626. The van der Waals surface area contributed by atoms with E-state index in [1.165, 1.54) is 28.2 Å². The van der Waals surface area contributed by atoms with E-state index in [-0.39, 0.29) is 0 Å². The Hall–Kier alpha value is -1.15. The molecule has 0 fully saturated rings. The van der Waals surface area contributed by atoms with E-state index in [0.717, 1.165) is 14.2 Å². The summed E-state index contributed by atoms with van der Waals surface area (Å²) in [5, 5.41) is 1.81. The second-order valence-electron chi connectivity index (χ2n) is 4.73. The van der Waals surface area contributed by atoms with E-state index >= 15 is 0 Å². The van der Waals surface area contributed by atoms with Gasteiger partial charge in [0, 0.05) is 10.3 Å². The lowest BCUT2D eigenvalue weighted by Gasteiger charge is -2.03. The summed E-state index contributed by atoms with van der Waals surface area (Å²) in [5.74, 6) is 0. The SMILES string of the molecule is Cc1ccc(-c2cc(NS(=O)(=O)c3ccc(Br)s3)cs2)cc1. The van der Waals surface area contributed by atoms with Crippen molar-refractivity contribution in [2.45, 2.75) is 11.1 Å². The van der Waals surface area contributed by atoms with Crippen LogP contribution in [0.2, 0.25) is 0 Å². The van der Waals surface area contributed by atoms with E-state index in [1.807, 2.05) is 42.6 Å². The van der Waals surface area contributed by atoms with Gasteiger partial charge in [-0.1, -0.05) is 29.8 Å². The molecule has 1 N–H and O–H groups in total. The lowest BCUT2D eigenvalue weighted by Crippen LogP contribution is -2.10. The predicted molar refractivity (Wildman–Crippen MR) is 97.3 cm³/mol. The number of rotatable bonds is 4. The van der Waals surface area contributed by atoms with Gasteiger partial charge in [0.2, 0.25) is 0 Å². The van der Waals surface area contributed by atoms with Crippen LogP contribution in [0.4, 0.5) is 5.69 Å². The molecule has 0 radical (unpaired) electrons. The van der Waals surface area contributed by atoms with Crippen molar-refractivity contribution in [3.63, 3.8) is 0 Å². The summed E-state index contributed by atoms with van der Waals surface area (Å²) in [5.41, 5.74) is 2.87. The molecular formula is C15H12BrNO2S3. The maximum Gasteiger partial charge on any atom is 0.271 e. The van der Waals surface area contributed by atoms with Crippen LogP contribution in [0.1, 0.15) is 5.56 Å². The van der Waals surface area contributed by atoms with Crippen molar-refractivity contribution in [1.29, 1.82) is 0 Å². The summed E-state index contributed by atoms with van der Waals surface area (Å²) in [6.07, 6.45) is 0. The van der Waals surface area contributed by atoms with Gasteiger partial charge in [0.15, 0.2) is 0 Å². The van der Waals surface area contributed by atoms with Crippen LogP contribution in [0, 0.1) is 6.92 Å². The number of sulfonamides is 1. The van der Waals surface area contributed by atoms with Crippen molar-refractivity contribution in [2.75, 3.05) is 4.72 Å². The third kappa shape index (κ3) is 3.43. The van der Waals surface area contributed by atoms with Crippen molar-refractivity contribution in [3.05, 3.63) is 57.2 Å². The Kier molecular flexibility index (Phi) is 4.40. The first-order valence-corrected chi connectivity index (χ1v) is 10.3. The van der Waals surface area contributed by atoms with E-state index in [1.54, 1.807) is 12.1 Å². The molecule has 0 bridgehead atoms. The normalized spacial score (nSPS) is 11.5. The molecule has 0 aliphatic heterocycles. The molecule has 2 aromatic heterocycles. The monoisotopic (exact) mass is 413 g/mol. The van der Waals surface area contributed by atoms with Gasteiger partial charge in [-0.3, -0.25) is 4.72 Å². The average molecular weight is 414 g/mol. The Bertz CT molecular complexity index is 895. The van der Waals surface area contributed by atoms with Gasteiger partial charge in [-0.2, -0.15) is 0 Å². The van der Waals surface area contributed by atoms with Crippen LogP contribution in [-0.4, -0.2) is 8.42 Å². The highest BCUT2D eigenvalue weighted by atomic mass is 79.9. The molecule has 0 saturated heterocycles. The van der Waals surface area contributed by atoms with Crippen molar-refractivity contribution >= 4 is 54.3 Å². The number of benzene rings is 1. The Balaban J connectivity index is 1.84. The van der Waals surface area contributed by atoms with Crippen LogP contribution < -0.4 is 4.72 Å². The molecule has 114 valence electrons. The van der Waals surface area contributed by atoms with Crippen LogP contribution >= 0.6 is 38.6 Å². The number of aryl methyl sites for hydroxylation is 1. The predicted octanol–water partition coefficient (Wildman–Crippen LogP) is 5.35. The lowest BCUT2D eigenvalue weighted by molar-refractivity contribution is 0.603. The lowest BCUT2D eigenvalue weighted by atomic mass is 10.1. The summed E-state index contributed by atoms with van der Waals surface area (Å²) < 4.78 is 28.3. The van der Waals surface area contributed by atoms with Crippen LogP contribution in [-0.2, 0) is 10.0 Å². The van der Waals surface area contributed by atoms with Crippen LogP contribution in [0.3, 0.4) is 0 Å². The zero-order valence-corrected chi connectivity index (χ0v) is 15.6. The van der Waals surface area contributed by atoms with Crippen molar-refractivity contribution in [3.8, 4) is 10.4 Å². The second kappa shape index (κ2) is 6.16. The molecule has 0 aliphatic carbocycles. The Labute approximate surface area is 145 Å². The third-order valence-corrected chi connectivity index (χ3v) is 7.48. The molecule has 1 aromatic carbocycles. The topological polar surface area (TPSA) is 46.2 Å². The van der Waals surface area contributed by atoms with Gasteiger partial charge < -0.3 is 0 Å². The first kappa shape index (κ1) is 15.7. The molecule has 3 aromatic rings. The zero-order valence-electron chi connectivity index (χ0n) is 11.5. The highest BCUT2D eigenvalue weighted by Crippen LogP contribution is 2.32. The number of thiophene rings is 2. The number of nitrogens with one attached hydrogen (secondary N) is 1.